The lowest BCUT2D eigenvalue weighted by Crippen LogP contribution is -2.25. The van der Waals surface area contributed by atoms with Gasteiger partial charge in [-0.1, -0.05) is 0 Å². The molecule has 0 aliphatic carbocycles. The summed E-state index contributed by atoms with van der Waals surface area (Å²) in [6, 6.07) is 7.40. The first kappa shape index (κ1) is 12.3. The molecule has 0 bridgehead atoms. The Labute approximate surface area is 103 Å². The average Bonchev–Trinajstić information content (AvgIpc) is 2.87. The van der Waals surface area contributed by atoms with Gasteiger partial charge >= 0.3 is 0 Å². The molecule has 0 atom stereocenters. The summed E-state index contributed by atoms with van der Waals surface area (Å²) in [5, 5.41) is 5.18. The summed E-state index contributed by atoms with van der Waals surface area (Å²) in [7, 11) is 2.90. The summed E-state index contributed by atoms with van der Waals surface area (Å²) in [4.78, 5) is 16.5. The first-order chi connectivity index (χ1) is 8.61. The summed E-state index contributed by atoms with van der Waals surface area (Å²) in [5.41, 5.74) is 0.930. The predicted octanol–water partition coefficient (Wildman–Crippen LogP) is 1.64. The molecule has 2 aromatic rings. The summed E-state index contributed by atoms with van der Waals surface area (Å²) in [6.07, 6.45) is 1.63. The first-order valence-electron chi connectivity index (χ1n) is 5.25. The minimum Gasteiger partial charge on any atom is -0.274 e. The number of carbonyl (C=O) groups is 1. The average molecular weight is 249 g/mol. The molecule has 1 amide bonds. The monoisotopic (exact) mass is 249 g/mol. The van der Waals surface area contributed by atoms with Crippen LogP contribution in [0, 0.1) is 5.82 Å². The fourth-order valence-electron chi connectivity index (χ4n) is 1.42. The molecule has 18 heavy (non-hydrogen) atoms. The van der Waals surface area contributed by atoms with Crippen LogP contribution in [-0.4, -0.2) is 34.9 Å². The van der Waals surface area contributed by atoms with Gasteiger partial charge in [0.1, 0.15) is 5.82 Å². The van der Waals surface area contributed by atoms with Crippen LogP contribution in [0.15, 0.2) is 36.5 Å². The molecule has 1 heterocycles. The SMILES string of the molecule is CON(C)C(=O)c1ccn(-c2ccc(F)cc2)n1. The second-order valence-corrected chi connectivity index (χ2v) is 3.61. The summed E-state index contributed by atoms with van der Waals surface area (Å²) in [5.74, 6) is -0.667. The number of hydroxylamine groups is 2. The highest BCUT2D eigenvalue weighted by molar-refractivity contribution is 5.91. The first-order valence-corrected chi connectivity index (χ1v) is 5.25. The third-order valence-corrected chi connectivity index (χ3v) is 2.46. The van der Waals surface area contributed by atoms with Crippen LogP contribution in [0.2, 0.25) is 0 Å². The van der Waals surface area contributed by atoms with Gasteiger partial charge in [-0.2, -0.15) is 5.10 Å². The molecule has 1 aromatic heterocycles. The second kappa shape index (κ2) is 4.97. The Morgan fingerprint density at radius 3 is 2.61 bits per heavy atom. The van der Waals surface area contributed by atoms with Crippen LogP contribution in [0.5, 0.6) is 0 Å². The van der Waals surface area contributed by atoms with Crippen molar-refractivity contribution in [1.82, 2.24) is 14.8 Å². The molecule has 0 aliphatic rings. The third kappa shape index (κ3) is 2.38. The molecule has 1 aromatic carbocycles. The van der Waals surface area contributed by atoms with E-state index in [1.165, 1.54) is 31.0 Å². The molecule has 0 saturated heterocycles. The van der Waals surface area contributed by atoms with E-state index >= 15 is 0 Å². The van der Waals surface area contributed by atoms with Crippen molar-refractivity contribution < 1.29 is 14.0 Å². The van der Waals surface area contributed by atoms with Crippen molar-refractivity contribution in [3.8, 4) is 5.69 Å². The van der Waals surface area contributed by atoms with E-state index in [1.54, 1.807) is 24.4 Å². The topological polar surface area (TPSA) is 47.4 Å². The Balaban J connectivity index is 2.25. The maximum Gasteiger partial charge on any atom is 0.297 e. The molecule has 0 N–H and O–H groups in total. The molecule has 0 fully saturated rings. The number of rotatable bonds is 3. The standard InChI is InChI=1S/C12H12FN3O2/c1-15(18-2)12(17)11-7-8-16(14-11)10-5-3-9(13)4-6-10/h3-8H,1-2H3. The molecule has 0 radical (unpaired) electrons. The number of halogens is 1. The number of hydrogen-bond donors (Lipinski definition) is 0. The Morgan fingerprint density at radius 2 is 2.00 bits per heavy atom. The van der Waals surface area contributed by atoms with Crippen LogP contribution in [0.1, 0.15) is 10.5 Å². The minimum atomic E-state index is -0.349. The van der Waals surface area contributed by atoms with Crippen LogP contribution < -0.4 is 0 Å². The lowest BCUT2D eigenvalue weighted by Gasteiger charge is -2.11. The zero-order valence-corrected chi connectivity index (χ0v) is 10.0. The second-order valence-electron chi connectivity index (χ2n) is 3.61. The molecule has 0 aliphatic heterocycles. The van der Waals surface area contributed by atoms with Crippen LogP contribution >= 0.6 is 0 Å². The van der Waals surface area contributed by atoms with E-state index in [0.29, 0.717) is 5.69 Å². The normalized spacial score (nSPS) is 10.4. The van der Waals surface area contributed by atoms with Crippen LogP contribution in [0.3, 0.4) is 0 Å². The lowest BCUT2D eigenvalue weighted by molar-refractivity contribution is -0.0760. The fourth-order valence-corrected chi connectivity index (χ4v) is 1.42. The van der Waals surface area contributed by atoms with Gasteiger partial charge in [0.25, 0.3) is 5.91 Å². The smallest absolute Gasteiger partial charge is 0.274 e. The molecular weight excluding hydrogens is 237 g/mol. The van der Waals surface area contributed by atoms with Crippen molar-refractivity contribution in [1.29, 1.82) is 0 Å². The summed E-state index contributed by atoms with van der Waals surface area (Å²) >= 11 is 0. The van der Waals surface area contributed by atoms with Crippen LogP contribution in [0.25, 0.3) is 5.69 Å². The van der Waals surface area contributed by atoms with Gasteiger partial charge < -0.3 is 0 Å². The van der Waals surface area contributed by atoms with E-state index in [4.69, 9.17) is 4.84 Å². The van der Waals surface area contributed by atoms with E-state index in [1.807, 2.05) is 0 Å². The highest BCUT2D eigenvalue weighted by Gasteiger charge is 2.14. The van der Waals surface area contributed by atoms with Crippen molar-refractivity contribution in [2.45, 2.75) is 0 Å². The van der Waals surface area contributed by atoms with E-state index in [9.17, 15) is 9.18 Å². The van der Waals surface area contributed by atoms with Gasteiger partial charge in [0.05, 0.1) is 12.8 Å². The molecule has 0 unspecified atom stereocenters. The van der Waals surface area contributed by atoms with Crippen molar-refractivity contribution in [3.05, 3.63) is 48.0 Å². The van der Waals surface area contributed by atoms with Gasteiger partial charge in [-0.3, -0.25) is 9.63 Å². The fraction of sp³-hybridized carbons (Fsp3) is 0.167. The molecular formula is C12H12FN3O2. The van der Waals surface area contributed by atoms with Crippen molar-refractivity contribution >= 4 is 5.91 Å². The van der Waals surface area contributed by atoms with Gasteiger partial charge in [0.2, 0.25) is 0 Å². The summed E-state index contributed by atoms with van der Waals surface area (Å²) < 4.78 is 14.3. The number of benzene rings is 1. The van der Waals surface area contributed by atoms with E-state index < -0.39 is 0 Å². The Kier molecular flexibility index (Phi) is 3.38. The van der Waals surface area contributed by atoms with Gasteiger partial charge in [-0.25, -0.2) is 14.1 Å². The maximum atomic E-state index is 12.8. The quantitative estimate of drug-likeness (QED) is 0.777. The highest BCUT2D eigenvalue weighted by atomic mass is 19.1. The Hall–Kier alpha value is -2.21. The number of aromatic nitrogens is 2. The molecule has 6 heteroatoms. The number of nitrogens with zero attached hydrogens (tertiary/aromatic N) is 3. The summed E-state index contributed by atoms with van der Waals surface area (Å²) in [6.45, 7) is 0. The highest BCUT2D eigenvalue weighted by Crippen LogP contribution is 2.09. The predicted molar refractivity (Wildman–Crippen MR) is 62.6 cm³/mol. The number of hydrogen-bond acceptors (Lipinski definition) is 3. The van der Waals surface area contributed by atoms with Gasteiger partial charge in [0.15, 0.2) is 5.69 Å². The van der Waals surface area contributed by atoms with Crippen LogP contribution in [-0.2, 0) is 4.84 Å². The van der Waals surface area contributed by atoms with Crippen molar-refractivity contribution in [2.75, 3.05) is 14.2 Å². The van der Waals surface area contributed by atoms with Gasteiger partial charge in [-0.15, -0.1) is 0 Å². The van der Waals surface area contributed by atoms with E-state index in [-0.39, 0.29) is 17.4 Å². The molecule has 0 saturated carbocycles. The van der Waals surface area contributed by atoms with E-state index in [2.05, 4.69) is 5.10 Å². The van der Waals surface area contributed by atoms with Crippen molar-refractivity contribution in [3.63, 3.8) is 0 Å². The zero-order chi connectivity index (χ0) is 13.1. The largest absolute Gasteiger partial charge is 0.297 e. The molecule has 2 rings (SSSR count). The third-order valence-electron chi connectivity index (χ3n) is 2.46. The lowest BCUT2D eigenvalue weighted by atomic mass is 10.3. The number of carbonyl (C=O) groups excluding carboxylic acids is 1. The minimum absolute atomic E-state index is 0.253. The molecule has 5 nitrogen and oxygen atoms in total. The Bertz CT molecular complexity index is 551. The Morgan fingerprint density at radius 1 is 1.33 bits per heavy atom. The van der Waals surface area contributed by atoms with Gasteiger partial charge in [-0.05, 0) is 30.3 Å². The van der Waals surface area contributed by atoms with Crippen molar-refractivity contribution in [2.24, 2.45) is 0 Å². The zero-order valence-electron chi connectivity index (χ0n) is 10.0. The number of amides is 1. The molecule has 94 valence electrons. The van der Waals surface area contributed by atoms with Crippen LogP contribution in [0.4, 0.5) is 4.39 Å². The van der Waals surface area contributed by atoms with Gasteiger partial charge in [0, 0.05) is 13.2 Å². The molecule has 0 spiro atoms. The maximum absolute atomic E-state index is 12.8. The van der Waals surface area contributed by atoms with E-state index in [0.717, 1.165) is 5.06 Å².